The number of nitrogens with two attached hydrogens (primary N) is 3. The molecule has 0 amide bonds. The molecule has 0 aliphatic rings. The first-order valence-corrected chi connectivity index (χ1v) is 7.11. The van der Waals surface area contributed by atoms with Crippen molar-refractivity contribution < 1.29 is 0 Å². The Balaban J connectivity index is 2.79. The third-order valence-electron chi connectivity index (χ3n) is 2.38. The van der Waals surface area contributed by atoms with E-state index in [0.29, 0.717) is 37.5 Å². The van der Waals surface area contributed by atoms with Crippen molar-refractivity contribution >= 4 is 17.8 Å². The molecule has 1 rings (SSSR count). The molecule has 1 aromatic heterocycles. The Bertz CT molecular complexity index is 345. The van der Waals surface area contributed by atoms with E-state index < -0.39 is 0 Å². The van der Waals surface area contributed by atoms with Gasteiger partial charge in [0.2, 0.25) is 17.8 Å². The minimum Gasteiger partial charge on any atom is -0.352 e. The van der Waals surface area contributed by atoms with E-state index in [1.54, 1.807) is 0 Å². The van der Waals surface area contributed by atoms with Crippen molar-refractivity contribution in [3.63, 3.8) is 0 Å². The molecule has 3 atom stereocenters. The van der Waals surface area contributed by atoms with Crippen LogP contribution in [0.5, 0.6) is 0 Å². The molecule has 3 unspecified atom stereocenters. The van der Waals surface area contributed by atoms with Crippen LogP contribution in [0.15, 0.2) is 0 Å². The highest BCUT2D eigenvalue weighted by molar-refractivity contribution is 5.42. The molecular weight excluding hydrogens is 270 g/mol. The van der Waals surface area contributed by atoms with Crippen LogP contribution in [0, 0.1) is 0 Å². The average Bonchev–Trinajstić information content (AvgIpc) is 2.40. The second-order valence-electron chi connectivity index (χ2n) is 5.38. The number of hydrogen-bond acceptors (Lipinski definition) is 9. The summed E-state index contributed by atoms with van der Waals surface area (Å²) in [4.78, 5) is 12.8. The molecule has 120 valence electrons. The first-order chi connectivity index (χ1) is 9.86. The lowest BCUT2D eigenvalue weighted by Crippen LogP contribution is -2.29. The normalized spacial score (nSPS) is 15.1. The largest absolute Gasteiger partial charge is 0.352 e. The third kappa shape index (κ3) is 7.59. The number of aromatic nitrogens is 3. The van der Waals surface area contributed by atoms with Crippen molar-refractivity contribution in [3.05, 3.63) is 0 Å². The maximum atomic E-state index is 5.72. The van der Waals surface area contributed by atoms with Crippen LogP contribution in [0.3, 0.4) is 0 Å². The van der Waals surface area contributed by atoms with E-state index in [9.17, 15) is 0 Å². The van der Waals surface area contributed by atoms with Gasteiger partial charge < -0.3 is 33.2 Å². The van der Waals surface area contributed by atoms with Gasteiger partial charge in [-0.15, -0.1) is 0 Å². The maximum Gasteiger partial charge on any atom is 0.229 e. The Kier molecular flexibility index (Phi) is 7.06. The fourth-order valence-electron chi connectivity index (χ4n) is 1.37. The lowest BCUT2D eigenvalue weighted by molar-refractivity contribution is 0.758. The van der Waals surface area contributed by atoms with Gasteiger partial charge in [-0.2, -0.15) is 15.0 Å². The zero-order valence-corrected chi connectivity index (χ0v) is 12.9. The first-order valence-electron chi connectivity index (χ1n) is 7.11. The molecule has 0 fully saturated rings. The van der Waals surface area contributed by atoms with Gasteiger partial charge in [-0.25, -0.2) is 0 Å². The van der Waals surface area contributed by atoms with Gasteiger partial charge in [0.1, 0.15) is 0 Å². The van der Waals surface area contributed by atoms with Crippen molar-refractivity contribution in [1.82, 2.24) is 15.0 Å². The summed E-state index contributed by atoms with van der Waals surface area (Å²) in [5, 5.41) is 9.21. The van der Waals surface area contributed by atoms with Gasteiger partial charge in [0.05, 0.1) is 0 Å². The van der Waals surface area contributed by atoms with E-state index in [1.807, 2.05) is 20.8 Å². The van der Waals surface area contributed by atoms with Gasteiger partial charge in [-0.3, -0.25) is 0 Å². The molecule has 9 N–H and O–H groups in total. The van der Waals surface area contributed by atoms with E-state index in [2.05, 4.69) is 30.9 Å². The molecule has 21 heavy (non-hydrogen) atoms. The average molecular weight is 297 g/mol. The van der Waals surface area contributed by atoms with Crippen LogP contribution in [-0.2, 0) is 0 Å². The SMILES string of the molecule is CC(N)CNc1nc(NCC(C)N)nc(NCC(C)N)n1. The van der Waals surface area contributed by atoms with Crippen LogP contribution in [0.2, 0.25) is 0 Å². The zero-order valence-electron chi connectivity index (χ0n) is 12.9. The molecule has 0 bridgehead atoms. The molecular formula is C12H27N9. The highest BCUT2D eigenvalue weighted by Crippen LogP contribution is 2.09. The maximum absolute atomic E-state index is 5.72. The van der Waals surface area contributed by atoms with Crippen LogP contribution < -0.4 is 33.2 Å². The molecule has 9 heteroatoms. The molecule has 1 aromatic rings. The predicted molar refractivity (Wildman–Crippen MR) is 86.2 cm³/mol. The van der Waals surface area contributed by atoms with E-state index in [1.165, 1.54) is 0 Å². The number of nitrogens with one attached hydrogen (secondary N) is 3. The van der Waals surface area contributed by atoms with Gasteiger partial charge in [-0.1, -0.05) is 0 Å². The van der Waals surface area contributed by atoms with Crippen LogP contribution >= 0.6 is 0 Å². The first kappa shape index (κ1) is 17.3. The zero-order chi connectivity index (χ0) is 15.8. The summed E-state index contributed by atoms with van der Waals surface area (Å²) < 4.78 is 0. The molecule has 0 aromatic carbocycles. The molecule has 0 spiro atoms. The molecule has 0 aliphatic carbocycles. The van der Waals surface area contributed by atoms with Crippen molar-refractivity contribution in [3.8, 4) is 0 Å². The van der Waals surface area contributed by atoms with Crippen LogP contribution in [-0.4, -0.2) is 52.7 Å². The lowest BCUT2D eigenvalue weighted by Gasteiger charge is -2.13. The standard InChI is InChI=1S/C12H27N9/c1-7(13)4-16-10-19-11(17-5-8(2)14)21-12(20-10)18-6-9(3)15/h7-9H,4-6,13-15H2,1-3H3,(H3,16,17,18,19,20,21). The number of rotatable bonds is 9. The Hall–Kier alpha value is -1.71. The lowest BCUT2D eigenvalue weighted by atomic mass is 10.4. The number of anilines is 3. The molecule has 0 aliphatic heterocycles. The highest BCUT2D eigenvalue weighted by atomic mass is 15.3. The minimum absolute atomic E-state index is 0.00251. The second-order valence-corrected chi connectivity index (χ2v) is 5.38. The fourth-order valence-corrected chi connectivity index (χ4v) is 1.37. The monoisotopic (exact) mass is 297 g/mol. The summed E-state index contributed by atoms with van der Waals surface area (Å²) in [5.74, 6) is 1.38. The summed E-state index contributed by atoms with van der Waals surface area (Å²) in [6.45, 7) is 7.42. The van der Waals surface area contributed by atoms with Crippen LogP contribution in [0.25, 0.3) is 0 Å². The Morgan fingerprint density at radius 1 is 0.667 bits per heavy atom. The van der Waals surface area contributed by atoms with E-state index in [0.717, 1.165) is 0 Å². The highest BCUT2D eigenvalue weighted by Gasteiger charge is 2.08. The van der Waals surface area contributed by atoms with Gasteiger partial charge in [0, 0.05) is 37.8 Å². The van der Waals surface area contributed by atoms with Crippen LogP contribution in [0.1, 0.15) is 20.8 Å². The number of hydrogen-bond donors (Lipinski definition) is 6. The quantitative estimate of drug-likeness (QED) is 0.342. The molecule has 9 nitrogen and oxygen atoms in total. The Labute approximate surface area is 125 Å². The van der Waals surface area contributed by atoms with Gasteiger partial charge in [0.15, 0.2) is 0 Å². The van der Waals surface area contributed by atoms with E-state index in [-0.39, 0.29) is 18.1 Å². The van der Waals surface area contributed by atoms with E-state index >= 15 is 0 Å². The van der Waals surface area contributed by atoms with Crippen LogP contribution in [0.4, 0.5) is 17.8 Å². The Morgan fingerprint density at radius 2 is 0.905 bits per heavy atom. The van der Waals surface area contributed by atoms with Crippen molar-refractivity contribution in [2.45, 2.75) is 38.9 Å². The topological polar surface area (TPSA) is 153 Å². The van der Waals surface area contributed by atoms with Crippen molar-refractivity contribution in [2.24, 2.45) is 17.2 Å². The van der Waals surface area contributed by atoms with Gasteiger partial charge in [-0.05, 0) is 20.8 Å². The summed E-state index contributed by atoms with van der Waals surface area (Å²) in [7, 11) is 0. The molecule has 1 heterocycles. The predicted octanol–water partition coefficient (Wildman–Crippen LogP) is -0.851. The summed E-state index contributed by atoms with van der Waals surface area (Å²) in [6.07, 6.45) is 0. The second kappa shape index (κ2) is 8.55. The smallest absolute Gasteiger partial charge is 0.229 e. The Morgan fingerprint density at radius 3 is 1.10 bits per heavy atom. The summed E-state index contributed by atoms with van der Waals surface area (Å²) in [6, 6.07) is 0.00753. The summed E-state index contributed by atoms with van der Waals surface area (Å²) >= 11 is 0. The van der Waals surface area contributed by atoms with Gasteiger partial charge in [0.25, 0.3) is 0 Å². The van der Waals surface area contributed by atoms with Gasteiger partial charge >= 0.3 is 0 Å². The fraction of sp³-hybridized carbons (Fsp3) is 0.750. The third-order valence-corrected chi connectivity index (χ3v) is 2.38. The van der Waals surface area contributed by atoms with E-state index in [4.69, 9.17) is 17.2 Å². The van der Waals surface area contributed by atoms with Crippen molar-refractivity contribution in [2.75, 3.05) is 35.6 Å². The summed E-state index contributed by atoms with van der Waals surface area (Å²) in [5.41, 5.74) is 17.1. The number of nitrogens with zero attached hydrogens (tertiary/aromatic N) is 3. The molecule has 0 saturated carbocycles. The molecule has 0 saturated heterocycles. The van der Waals surface area contributed by atoms with Crippen molar-refractivity contribution in [1.29, 1.82) is 0 Å². The molecule has 0 radical (unpaired) electrons. The minimum atomic E-state index is 0.00251.